The molecule has 0 unspecified atom stereocenters. The van der Waals surface area contributed by atoms with Crippen molar-refractivity contribution in [2.75, 3.05) is 11.4 Å². The van der Waals surface area contributed by atoms with Crippen LogP contribution >= 0.6 is 0 Å². The van der Waals surface area contributed by atoms with Gasteiger partial charge >= 0.3 is 0 Å². The summed E-state index contributed by atoms with van der Waals surface area (Å²) in [5.41, 5.74) is 2.21. The molecule has 1 aromatic carbocycles. The fraction of sp³-hybridized carbons (Fsp3) is 0.381. The maximum Gasteiger partial charge on any atom is 0.287 e. The van der Waals surface area contributed by atoms with Crippen LogP contribution in [0.5, 0.6) is 0 Å². The van der Waals surface area contributed by atoms with Gasteiger partial charge in [-0.25, -0.2) is 9.97 Å². The second kappa shape index (κ2) is 7.50. The van der Waals surface area contributed by atoms with E-state index in [1.807, 2.05) is 30.3 Å². The number of nitrogens with one attached hydrogen (secondary N) is 1. The Hall–Kier alpha value is -3.09. The minimum atomic E-state index is -0.689. The first-order valence-electron chi connectivity index (χ1n) is 9.51. The van der Waals surface area contributed by atoms with Gasteiger partial charge in [-0.15, -0.1) is 0 Å². The molecule has 2 atom stereocenters. The third-order valence-electron chi connectivity index (χ3n) is 5.40. The monoisotopic (exact) mass is 378 g/mol. The summed E-state index contributed by atoms with van der Waals surface area (Å²) in [4.78, 5) is 48.2. The van der Waals surface area contributed by atoms with Crippen molar-refractivity contribution < 1.29 is 14.4 Å². The topological polar surface area (TPSA) is 92.3 Å². The molecule has 1 N–H and O–H groups in total. The number of aryl methyl sites for hydroxylation is 1. The molecule has 7 heteroatoms. The lowest BCUT2D eigenvalue weighted by molar-refractivity contribution is -0.141. The second-order valence-corrected chi connectivity index (χ2v) is 7.46. The number of ketones is 1. The van der Waals surface area contributed by atoms with Gasteiger partial charge in [-0.05, 0) is 31.7 Å². The highest BCUT2D eigenvalue weighted by Crippen LogP contribution is 2.33. The number of nitrogens with zero attached hydrogens (tertiary/aromatic N) is 3. The van der Waals surface area contributed by atoms with Crippen molar-refractivity contribution in [1.82, 2.24) is 15.3 Å². The number of benzene rings is 1. The number of anilines is 1. The molecule has 1 saturated carbocycles. The van der Waals surface area contributed by atoms with Crippen molar-refractivity contribution in [2.45, 2.75) is 32.2 Å². The lowest BCUT2D eigenvalue weighted by Gasteiger charge is -2.17. The quantitative estimate of drug-likeness (QED) is 0.768. The lowest BCUT2D eigenvalue weighted by atomic mass is 9.86. The Kier molecular flexibility index (Phi) is 4.90. The molecule has 2 aliphatic rings. The molecule has 0 bridgehead atoms. The Morgan fingerprint density at radius 3 is 2.64 bits per heavy atom. The zero-order valence-corrected chi connectivity index (χ0v) is 15.7. The fourth-order valence-electron chi connectivity index (χ4n) is 3.67. The van der Waals surface area contributed by atoms with Crippen molar-refractivity contribution >= 4 is 23.3 Å². The van der Waals surface area contributed by atoms with Gasteiger partial charge in [0.1, 0.15) is 6.33 Å². The van der Waals surface area contributed by atoms with Crippen molar-refractivity contribution in [3.63, 3.8) is 0 Å². The highest BCUT2D eigenvalue weighted by atomic mass is 16.2. The SMILES string of the molecule is Cc1ncncc1N1C[C@H](C(=O)C(=O)NC2CC2)[C@@H](Cc2ccccc2)C1=O. The molecule has 0 radical (unpaired) electrons. The summed E-state index contributed by atoms with van der Waals surface area (Å²) in [6, 6.07) is 9.67. The van der Waals surface area contributed by atoms with Crippen LogP contribution in [-0.2, 0) is 20.8 Å². The minimum Gasteiger partial charge on any atom is -0.347 e. The molecule has 1 aliphatic carbocycles. The molecule has 1 aromatic heterocycles. The number of rotatable bonds is 6. The number of Topliss-reactive ketones (excluding diaryl/α,β-unsaturated/α-hetero) is 1. The molecule has 1 aliphatic heterocycles. The summed E-state index contributed by atoms with van der Waals surface area (Å²) in [6.07, 6.45) is 5.23. The van der Waals surface area contributed by atoms with Crippen LogP contribution in [-0.4, -0.2) is 40.2 Å². The fourth-order valence-corrected chi connectivity index (χ4v) is 3.67. The number of carbonyl (C=O) groups is 3. The van der Waals surface area contributed by atoms with Gasteiger partial charge in [0.05, 0.1) is 29.4 Å². The molecule has 2 heterocycles. The molecule has 2 fully saturated rings. The number of aromatic nitrogens is 2. The van der Waals surface area contributed by atoms with Crippen molar-refractivity contribution in [2.24, 2.45) is 11.8 Å². The van der Waals surface area contributed by atoms with Crippen LogP contribution in [0.3, 0.4) is 0 Å². The standard InChI is InChI=1S/C21H22N4O3/c1-13-18(10-22-12-23-13)25-11-17(19(26)20(27)24-15-7-8-15)16(21(25)28)9-14-5-3-2-4-6-14/h2-6,10,12,15-17H,7-9,11H2,1H3,(H,24,27)/t16-,17+/m1/s1. The molecule has 0 spiro atoms. The molecule has 2 amide bonds. The smallest absolute Gasteiger partial charge is 0.287 e. The van der Waals surface area contributed by atoms with E-state index < -0.39 is 23.5 Å². The number of amides is 2. The van der Waals surface area contributed by atoms with Crippen LogP contribution in [0, 0.1) is 18.8 Å². The lowest BCUT2D eigenvalue weighted by Crippen LogP contribution is -2.39. The molecule has 4 rings (SSSR count). The predicted octanol–water partition coefficient (Wildman–Crippen LogP) is 1.45. The highest BCUT2D eigenvalue weighted by Gasteiger charge is 2.47. The van der Waals surface area contributed by atoms with Crippen LogP contribution in [0.2, 0.25) is 0 Å². The van der Waals surface area contributed by atoms with E-state index in [4.69, 9.17) is 0 Å². The van der Waals surface area contributed by atoms with E-state index in [-0.39, 0.29) is 18.5 Å². The normalized spacial score (nSPS) is 21.6. The van der Waals surface area contributed by atoms with E-state index in [1.54, 1.807) is 18.0 Å². The average Bonchev–Trinajstić information content (AvgIpc) is 3.46. The van der Waals surface area contributed by atoms with Gasteiger partial charge in [0.2, 0.25) is 11.7 Å². The summed E-state index contributed by atoms with van der Waals surface area (Å²) < 4.78 is 0. The maximum absolute atomic E-state index is 13.2. The molecular weight excluding hydrogens is 356 g/mol. The zero-order chi connectivity index (χ0) is 19.7. The first-order chi connectivity index (χ1) is 13.5. The van der Waals surface area contributed by atoms with Gasteiger partial charge in [-0.1, -0.05) is 30.3 Å². The van der Waals surface area contributed by atoms with E-state index in [1.165, 1.54) is 6.33 Å². The Labute approximate surface area is 163 Å². The van der Waals surface area contributed by atoms with Crippen LogP contribution < -0.4 is 10.2 Å². The van der Waals surface area contributed by atoms with Crippen LogP contribution in [0.25, 0.3) is 0 Å². The molecule has 7 nitrogen and oxygen atoms in total. The van der Waals surface area contributed by atoms with Gasteiger partial charge < -0.3 is 10.2 Å². The number of hydrogen-bond donors (Lipinski definition) is 1. The Balaban J connectivity index is 1.62. The van der Waals surface area contributed by atoms with Gasteiger partial charge in [-0.2, -0.15) is 0 Å². The molecule has 1 saturated heterocycles. The average molecular weight is 378 g/mol. The second-order valence-electron chi connectivity index (χ2n) is 7.46. The largest absolute Gasteiger partial charge is 0.347 e. The first kappa shape index (κ1) is 18.3. The summed E-state index contributed by atoms with van der Waals surface area (Å²) >= 11 is 0. The minimum absolute atomic E-state index is 0.0991. The number of hydrogen-bond acceptors (Lipinski definition) is 5. The van der Waals surface area contributed by atoms with Crippen LogP contribution in [0.15, 0.2) is 42.9 Å². The molecule has 28 heavy (non-hydrogen) atoms. The third kappa shape index (κ3) is 3.65. The van der Waals surface area contributed by atoms with Crippen molar-refractivity contribution in [3.05, 3.63) is 54.1 Å². The summed E-state index contributed by atoms with van der Waals surface area (Å²) in [6.45, 7) is 1.97. The van der Waals surface area contributed by atoms with E-state index >= 15 is 0 Å². The molecular formula is C21H22N4O3. The third-order valence-corrected chi connectivity index (χ3v) is 5.40. The van der Waals surface area contributed by atoms with Gasteiger partial charge in [0, 0.05) is 12.6 Å². The maximum atomic E-state index is 13.2. The van der Waals surface area contributed by atoms with Gasteiger partial charge in [0.15, 0.2) is 0 Å². The predicted molar refractivity (Wildman–Crippen MR) is 102 cm³/mol. The highest BCUT2D eigenvalue weighted by molar-refractivity contribution is 6.38. The van der Waals surface area contributed by atoms with E-state index in [0.29, 0.717) is 17.8 Å². The van der Waals surface area contributed by atoms with Crippen LogP contribution in [0.4, 0.5) is 5.69 Å². The van der Waals surface area contributed by atoms with E-state index in [9.17, 15) is 14.4 Å². The van der Waals surface area contributed by atoms with E-state index in [0.717, 1.165) is 18.4 Å². The first-order valence-corrected chi connectivity index (χ1v) is 9.51. The molecule has 144 valence electrons. The van der Waals surface area contributed by atoms with Gasteiger partial charge in [0.25, 0.3) is 5.91 Å². The summed E-state index contributed by atoms with van der Waals surface area (Å²) in [7, 11) is 0. The van der Waals surface area contributed by atoms with E-state index in [2.05, 4.69) is 15.3 Å². The van der Waals surface area contributed by atoms with Crippen molar-refractivity contribution in [1.29, 1.82) is 0 Å². The van der Waals surface area contributed by atoms with Crippen molar-refractivity contribution in [3.8, 4) is 0 Å². The Morgan fingerprint density at radius 2 is 1.96 bits per heavy atom. The molecule has 2 aromatic rings. The Bertz CT molecular complexity index is 911. The summed E-state index contributed by atoms with van der Waals surface area (Å²) in [5, 5.41) is 2.75. The van der Waals surface area contributed by atoms with Crippen LogP contribution in [0.1, 0.15) is 24.1 Å². The van der Waals surface area contributed by atoms with Gasteiger partial charge in [-0.3, -0.25) is 14.4 Å². The summed E-state index contributed by atoms with van der Waals surface area (Å²) in [5.74, 6) is -2.54. The number of carbonyl (C=O) groups excluding carboxylic acids is 3. The zero-order valence-electron chi connectivity index (χ0n) is 15.7. The Morgan fingerprint density at radius 1 is 1.21 bits per heavy atom.